The Morgan fingerprint density at radius 1 is 1.28 bits per heavy atom. The molecule has 1 heterocycles. The summed E-state index contributed by atoms with van der Waals surface area (Å²) in [6.07, 6.45) is 1.53. The first-order valence-electron chi connectivity index (χ1n) is 5.58. The van der Waals surface area contributed by atoms with Gasteiger partial charge in [0.25, 0.3) is 0 Å². The number of carbonyl (C=O) groups is 1. The van der Waals surface area contributed by atoms with Crippen LogP contribution >= 0.6 is 11.8 Å². The topological polar surface area (TPSA) is 50.2 Å². The van der Waals surface area contributed by atoms with E-state index in [0.717, 1.165) is 4.90 Å². The van der Waals surface area contributed by atoms with E-state index in [0.29, 0.717) is 0 Å². The quantitative estimate of drug-likeness (QED) is 0.852. The summed E-state index contributed by atoms with van der Waals surface area (Å²) in [7, 11) is 0. The number of thioether (sulfide) groups is 1. The molecule has 18 heavy (non-hydrogen) atoms. The second kappa shape index (κ2) is 5.69. The van der Waals surface area contributed by atoms with Gasteiger partial charge in [-0.05, 0) is 24.6 Å². The van der Waals surface area contributed by atoms with Crippen molar-refractivity contribution in [1.82, 2.24) is 4.98 Å². The number of carboxylic acids is 1. The van der Waals surface area contributed by atoms with E-state index < -0.39 is 5.97 Å². The maximum Gasteiger partial charge on any atom is 0.354 e. The lowest BCUT2D eigenvalue weighted by Crippen LogP contribution is -1.99. The van der Waals surface area contributed by atoms with Crippen LogP contribution in [0.2, 0.25) is 0 Å². The lowest BCUT2D eigenvalue weighted by molar-refractivity contribution is 0.0690. The highest BCUT2D eigenvalue weighted by molar-refractivity contribution is 7.99. The minimum atomic E-state index is -0.996. The number of aromatic nitrogens is 1. The van der Waals surface area contributed by atoms with Crippen molar-refractivity contribution in [3.8, 4) is 0 Å². The van der Waals surface area contributed by atoms with Crippen molar-refractivity contribution in [2.45, 2.75) is 17.1 Å². The number of benzene rings is 1. The number of nitrogens with zero attached hydrogens (tertiary/aromatic N) is 1. The molecule has 2 rings (SSSR count). The van der Waals surface area contributed by atoms with Gasteiger partial charge >= 0.3 is 5.97 Å². The van der Waals surface area contributed by atoms with Gasteiger partial charge in [0.15, 0.2) is 0 Å². The van der Waals surface area contributed by atoms with E-state index in [1.54, 1.807) is 17.8 Å². The largest absolute Gasteiger partial charge is 0.477 e. The van der Waals surface area contributed by atoms with Crippen LogP contribution in [0, 0.1) is 0 Å². The Morgan fingerprint density at radius 2 is 2.00 bits per heavy atom. The van der Waals surface area contributed by atoms with Crippen molar-refractivity contribution in [3.63, 3.8) is 0 Å². The first-order chi connectivity index (χ1) is 8.66. The van der Waals surface area contributed by atoms with Crippen LogP contribution < -0.4 is 0 Å². The highest BCUT2D eigenvalue weighted by atomic mass is 32.2. The molecule has 0 saturated carbocycles. The standard InChI is InChI=1S/C14H13NO2S/c1-10(11-5-3-2-4-6-11)18-12-7-8-15-13(9-12)14(16)17/h2-10H,1H3,(H,16,17). The van der Waals surface area contributed by atoms with Crippen molar-refractivity contribution in [1.29, 1.82) is 0 Å². The van der Waals surface area contributed by atoms with Gasteiger partial charge < -0.3 is 5.11 Å². The van der Waals surface area contributed by atoms with Crippen molar-refractivity contribution >= 4 is 17.7 Å². The third-order valence-electron chi connectivity index (χ3n) is 2.53. The van der Waals surface area contributed by atoms with Crippen molar-refractivity contribution in [2.75, 3.05) is 0 Å². The minimum Gasteiger partial charge on any atom is -0.477 e. The maximum atomic E-state index is 10.8. The minimum absolute atomic E-state index is 0.0836. The summed E-state index contributed by atoms with van der Waals surface area (Å²) in [5, 5.41) is 9.16. The first kappa shape index (κ1) is 12.6. The molecule has 1 aromatic carbocycles. The molecule has 0 aliphatic rings. The van der Waals surface area contributed by atoms with Crippen LogP contribution in [0.15, 0.2) is 53.6 Å². The molecule has 0 fully saturated rings. The predicted molar refractivity (Wildman–Crippen MR) is 71.9 cm³/mol. The van der Waals surface area contributed by atoms with Crippen LogP contribution in [-0.4, -0.2) is 16.1 Å². The highest BCUT2D eigenvalue weighted by Gasteiger charge is 2.09. The van der Waals surface area contributed by atoms with E-state index in [2.05, 4.69) is 24.0 Å². The van der Waals surface area contributed by atoms with Gasteiger partial charge in [-0.3, -0.25) is 0 Å². The number of carboxylic acid groups (broad SMARTS) is 1. The van der Waals surface area contributed by atoms with Gasteiger partial charge in [-0.1, -0.05) is 30.3 Å². The molecule has 0 bridgehead atoms. The SMILES string of the molecule is CC(Sc1ccnc(C(=O)O)c1)c1ccccc1. The fourth-order valence-electron chi connectivity index (χ4n) is 1.60. The summed E-state index contributed by atoms with van der Waals surface area (Å²) in [5.74, 6) is -0.996. The van der Waals surface area contributed by atoms with Crippen LogP contribution in [0.1, 0.15) is 28.2 Å². The Morgan fingerprint density at radius 3 is 2.67 bits per heavy atom. The zero-order valence-electron chi connectivity index (χ0n) is 9.91. The molecule has 1 unspecified atom stereocenters. The Bertz CT molecular complexity index is 543. The number of hydrogen-bond donors (Lipinski definition) is 1. The van der Waals surface area contributed by atoms with Gasteiger partial charge in [0.05, 0.1) is 0 Å². The molecular formula is C14H13NO2S. The van der Waals surface area contributed by atoms with Crippen LogP contribution in [0.5, 0.6) is 0 Å². The third-order valence-corrected chi connectivity index (χ3v) is 3.68. The van der Waals surface area contributed by atoms with Crippen LogP contribution in [0.4, 0.5) is 0 Å². The van der Waals surface area contributed by atoms with Crippen LogP contribution in [0.25, 0.3) is 0 Å². The van der Waals surface area contributed by atoms with E-state index >= 15 is 0 Å². The number of aromatic carboxylic acids is 1. The average molecular weight is 259 g/mol. The monoisotopic (exact) mass is 259 g/mol. The Kier molecular flexibility index (Phi) is 3.99. The Hall–Kier alpha value is -1.81. The molecule has 4 heteroatoms. The fraction of sp³-hybridized carbons (Fsp3) is 0.143. The molecule has 0 aliphatic carbocycles. The first-order valence-corrected chi connectivity index (χ1v) is 6.46. The summed E-state index contributed by atoms with van der Waals surface area (Å²) in [5.41, 5.74) is 1.30. The van der Waals surface area contributed by atoms with E-state index in [4.69, 9.17) is 5.11 Å². The van der Waals surface area contributed by atoms with Gasteiger partial charge in [-0.25, -0.2) is 9.78 Å². The zero-order valence-corrected chi connectivity index (χ0v) is 10.7. The van der Waals surface area contributed by atoms with E-state index in [9.17, 15) is 4.79 Å². The predicted octanol–water partition coefficient (Wildman–Crippen LogP) is 3.63. The van der Waals surface area contributed by atoms with Crippen LogP contribution in [-0.2, 0) is 0 Å². The van der Waals surface area contributed by atoms with Gasteiger partial charge in [-0.2, -0.15) is 0 Å². The zero-order chi connectivity index (χ0) is 13.0. The average Bonchev–Trinajstić information content (AvgIpc) is 2.40. The van der Waals surface area contributed by atoms with Crippen LogP contribution in [0.3, 0.4) is 0 Å². The van der Waals surface area contributed by atoms with Gasteiger partial charge in [0, 0.05) is 16.3 Å². The fourth-order valence-corrected chi connectivity index (χ4v) is 2.62. The van der Waals surface area contributed by atoms with Crippen molar-refractivity contribution in [2.24, 2.45) is 0 Å². The van der Waals surface area contributed by atoms with Crippen molar-refractivity contribution < 1.29 is 9.90 Å². The molecule has 1 aromatic heterocycles. The molecule has 0 radical (unpaired) electrons. The van der Waals surface area contributed by atoms with Gasteiger partial charge in [-0.15, -0.1) is 11.8 Å². The summed E-state index contributed by atoms with van der Waals surface area (Å²) >= 11 is 1.62. The summed E-state index contributed by atoms with van der Waals surface area (Å²) in [4.78, 5) is 15.6. The molecule has 1 N–H and O–H groups in total. The van der Waals surface area contributed by atoms with Gasteiger partial charge in [0.1, 0.15) is 5.69 Å². The normalized spacial score (nSPS) is 12.1. The van der Waals surface area contributed by atoms with E-state index in [-0.39, 0.29) is 10.9 Å². The molecule has 0 amide bonds. The molecule has 0 spiro atoms. The van der Waals surface area contributed by atoms with Crippen molar-refractivity contribution in [3.05, 3.63) is 59.9 Å². The smallest absolute Gasteiger partial charge is 0.354 e. The summed E-state index contributed by atoms with van der Waals surface area (Å²) < 4.78 is 0. The van der Waals surface area contributed by atoms with E-state index in [1.807, 2.05) is 24.3 Å². The highest BCUT2D eigenvalue weighted by Crippen LogP contribution is 2.34. The molecule has 2 aromatic rings. The molecule has 0 saturated heterocycles. The lowest BCUT2D eigenvalue weighted by atomic mass is 10.2. The number of rotatable bonds is 4. The van der Waals surface area contributed by atoms with Gasteiger partial charge in [0.2, 0.25) is 0 Å². The summed E-state index contributed by atoms with van der Waals surface area (Å²) in [6.45, 7) is 2.10. The second-order valence-corrected chi connectivity index (χ2v) is 5.27. The molecule has 3 nitrogen and oxygen atoms in total. The molecule has 92 valence electrons. The lowest BCUT2D eigenvalue weighted by Gasteiger charge is -2.11. The Balaban J connectivity index is 2.14. The second-order valence-electron chi connectivity index (χ2n) is 3.85. The maximum absolute atomic E-state index is 10.8. The summed E-state index contributed by atoms with van der Waals surface area (Å²) in [6, 6.07) is 13.6. The van der Waals surface area contributed by atoms with E-state index in [1.165, 1.54) is 11.8 Å². The molecular weight excluding hydrogens is 246 g/mol. The molecule has 0 aliphatic heterocycles. The third kappa shape index (κ3) is 3.11. The molecule has 1 atom stereocenters. The number of pyridine rings is 1. The number of hydrogen-bond acceptors (Lipinski definition) is 3. The Labute approximate surface area is 110 Å².